The van der Waals surface area contributed by atoms with Crippen LogP contribution in [0.25, 0.3) is 11.5 Å². The molecule has 2 aromatic carbocycles. The van der Waals surface area contributed by atoms with Crippen molar-refractivity contribution in [1.29, 1.82) is 5.26 Å². The standard InChI is InChI=1S/C24H26N4O3S/c1-27(18-19-9-5-4-6-10-19)24-22(17-25)26-23(31-24)20-11-13-21(14-12-20)32(29,30)28-15-7-2-3-8-16-28/h4-6,9-14H,2-3,7-8,15-16,18H2,1H3. The van der Waals surface area contributed by atoms with Gasteiger partial charge in [-0.05, 0) is 42.7 Å². The van der Waals surface area contributed by atoms with Gasteiger partial charge in [-0.1, -0.05) is 43.2 Å². The van der Waals surface area contributed by atoms with Crippen LogP contribution in [0.15, 0.2) is 63.9 Å². The van der Waals surface area contributed by atoms with Crippen LogP contribution in [0.1, 0.15) is 36.9 Å². The third kappa shape index (κ3) is 4.69. The van der Waals surface area contributed by atoms with E-state index in [1.165, 1.54) is 0 Å². The molecule has 0 aliphatic carbocycles. The predicted molar refractivity (Wildman–Crippen MR) is 122 cm³/mol. The zero-order chi connectivity index (χ0) is 22.6. The predicted octanol–water partition coefficient (Wildman–Crippen LogP) is 4.41. The van der Waals surface area contributed by atoms with Crippen molar-refractivity contribution < 1.29 is 12.8 Å². The molecule has 1 saturated heterocycles. The van der Waals surface area contributed by atoms with Gasteiger partial charge in [0.15, 0.2) is 0 Å². The van der Waals surface area contributed by atoms with Gasteiger partial charge in [0.05, 0.1) is 4.90 Å². The summed E-state index contributed by atoms with van der Waals surface area (Å²) < 4.78 is 33.5. The number of oxazole rings is 1. The summed E-state index contributed by atoms with van der Waals surface area (Å²) in [4.78, 5) is 6.42. The number of benzene rings is 2. The van der Waals surface area contributed by atoms with Gasteiger partial charge in [0.1, 0.15) is 6.07 Å². The highest BCUT2D eigenvalue weighted by Crippen LogP contribution is 2.30. The van der Waals surface area contributed by atoms with Gasteiger partial charge in [0, 0.05) is 32.2 Å². The lowest BCUT2D eigenvalue weighted by Gasteiger charge is -2.19. The summed E-state index contributed by atoms with van der Waals surface area (Å²) in [5.41, 5.74) is 1.90. The zero-order valence-corrected chi connectivity index (χ0v) is 18.9. The normalized spacial score (nSPS) is 15.1. The first kappa shape index (κ1) is 22.1. The molecule has 7 nitrogen and oxygen atoms in total. The molecule has 0 saturated carbocycles. The Labute approximate surface area is 189 Å². The average molecular weight is 451 g/mol. The molecule has 166 valence electrons. The number of hydrogen-bond donors (Lipinski definition) is 0. The maximum Gasteiger partial charge on any atom is 0.243 e. The van der Waals surface area contributed by atoms with E-state index in [9.17, 15) is 13.7 Å². The van der Waals surface area contributed by atoms with E-state index in [-0.39, 0.29) is 16.5 Å². The first-order valence-electron chi connectivity index (χ1n) is 10.8. The SMILES string of the molecule is CN(Cc1ccccc1)c1oc(-c2ccc(S(=O)(=O)N3CCCCCC3)cc2)nc1C#N. The van der Waals surface area contributed by atoms with Gasteiger partial charge in [0.25, 0.3) is 0 Å². The number of nitrogens with zero attached hydrogens (tertiary/aromatic N) is 4. The molecule has 0 radical (unpaired) electrons. The Morgan fingerprint density at radius 2 is 1.69 bits per heavy atom. The third-order valence-electron chi connectivity index (χ3n) is 5.63. The summed E-state index contributed by atoms with van der Waals surface area (Å²) in [7, 11) is -1.68. The van der Waals surface area contributed by atoms with Gasteiger partial charge in [-0.3, -0.25) is 0 Å². The van der Waals surface area contributed by atoms with Crippen LogP contribution in [0.5, 0.6) is 0 Å². The largest absolute Gasteiger partial charge is 0.419 e. The van der Waals surface area contributed by atoms with Gasteiger partial charge in [-0.15, -0.1) is 0 Å². The second kappa shape index (κ2) is 9.55. The van der Waals surface area contributed by atoms with Crippen LogP contribution in [0, 0.1) is 11.3 Å². The van der Waals surface area contributed by atoms with Crippen LogP contribution in [-0.4, -0.2) is 37.8 Å². The van der Waals surface area contributed by atoms with Crippen LogP contribution < -0.4 is 4.90 Å². The molecule has 1 aliphatic heterocycles. The molecule has 0 spiro atoms. The first-order chi connectivity index (χ1) is 15.5. The fourth-order valence-electron chi connectivity index (χ4n) is 3.90. The molecule has 8 heteroatoms. The average Bonchev–Trinajstić information content (AvgIpc) is 3.05. The summed E-state index contributed by atoms with van der Waals surface area (Å²) in [6.45, 7) is 1.69. The highest BCUT2D eigenvalue weighted by Gasteiger charge is 2.25. The van der Waals surface area contributed by atoms with Crippen LogP contribution in [0.3, 0.4) is 0 Å². The number of nitriles is 1. The van der Waals surface area contributed by atoms with Crippen molar-refractivity contribution in [3.63, 3.8) is 0 Å². The maximum atomic E-state index is 13.0. The number of sulfonamides is 1. The molecule has 4 rings (SSSR count). The van der Waals surface area contributed by atoms with Crippen molar-refractivity contribution in [2.24, 2.45) is 0 Å². The first-order valence-corrected chi connectivity index (χ1v) is 12.2. The summed E-state index contributed by atoms with van der Waals surface area (Å²) in [5.74, 6) is 0.669. The van der Waals surface area contributed by atoms with Crippen molar-refractivity contribution in [2.75, 3.05) is 25.0 Å². The molecular formula is C24H26N4O3S. The second-order valence-corrected chi connectivity index (χ2v) is 9.91. The highest BCUT2D eigenvalue weighted by molar-refractivity contribution is 7.89. The van der Waals surface area contributed by atoms with Crippen LogP contribution in [0.4, 0.5) is 5.88 Å². The Morgan fingerprint density at radius 3 is 2.31 bits per heavy atom. The summed E-state index contributed by atoms with van der Waals surface area (Å²) in [5, 5.41) is 9.53. The molecule has 0 amide bonds. The lowest BCUT2D eigenvalue weighted by Crippen LogP contribution is -2.31. The van der Waals surface area contributed by atoms with E-state index in [1.807, 2.05) is 42.3 Å². The smallest absolute Gasteiger partial charge is 0.243 e. The lowest BCUT2D eigenvalue weighted by atomic mass is 10.2. The van der Waals surface area contributed by atoms with Crippen molar-refractivity contribution in [2.45, 2.75) is 37.1 Å². The summed E-state index contributed by atoms with van der Waals surface area (Å²) >= 11 is 0. The fourth-order valence-corrected chi connectivity index (χ4v) is 5.41. The van der Waals surface area contributed by atoms with E-state index >= 15 is 0 Å². The molecule has 1 aromatic heterocycles. The number of hydrogen-bond acceptors (Lipinski definition) is 6. The molecule has 0 bridgehead atoms. The Morgan fingerprint density at radius 1 is 1.03 bits per heavy atom. The Kier molecular flexibility index (Phi) is 6.58. The van der Waals surface area contributed by atoms with Gasteiger partial charge in [0.2, 0.25) is 27.5 Å². The van der Waals surface area contributed by atoms with E-state index < -0.39 is 10.0 Å². The van der Waals surface area contributed by atoms with Crippen LogP contribution in [0.2, 0.25) is 0 Å². The quantitative estimate of drug-likeness (QED) is 0.552. The molecule has 2 heterocycles. The highest BCUT2D eigenvalue weighted by atomic mass is 32.2. The van der Waals surface area contributed by atoms with Crippen LogP contribution >= 0.6 is 0 Å². The third-order valence-corrected chi connectivity index (χ3v) is 7.54. The molecule has 0 N–H and O–H groups in total. The van der Waals surface area contributed by atoms with Crippen molar-refractivity contribution in [1.82, 2.24) is 9.29 Å². The Hall–Kier alpha value is -3.15. The molecule has 1 aliphatic rings. The van der Waals surface area contributed by atoms with E-state index in [2.05, 4.69) is 11.1 Å². The Balaban J connectivity index is 1.56. The van der Waals surface area contributed by atoms with Crippen LogP contribution in [-0.2, 0) is 16.6 Å². The van der Waals surface area contributed by atoms with E-state index in [0.717, 1.165) is 31.2 Å². The number of anilines is 1. The van der Waals surface area contributed by atoms with Gasteiger partial charge >= 0.3 is 0 Å². The minimum atomic E-state index is -3.52. The molecule has 0 atom stereocenters. The summed E-state index contributed by atoms with van der Waals surface area (Å²) in [6.07, 6.45) is 3.92. The van der Waals surface area contributed by atoms with Crippen molar-refractivity contribution in [3.8, 4) is 17.5 Å². The molecular weight excluding hydrogens is 424 g/mol. The molecule has 32 heavy (non-hydrogen) atoms. The zero-order valence-electron chi connectivity index (χ0n) is 18.1. The second-order valence-electron chi connectivity index (χ2n) is 7.97. The fraction of sp³-hybridized carbons (Fsp3) is 0.333. The summed E-state index contributed by atoms with van der Waals surface area (Å²) in [6, 6.07) is 18.5. The van der Waals surface area contributed by atoms with Gasteiger partial charge in [-0.2, -0.15) is 14.6 Å². The van der Waals surface area contributed by atoms with Crippen molar-refractivity contribution >= 4 is 15.9 Å². The maximum absolute atomic E-state index is 13.0. The minimum absolute atomic E-state index is 0.194. The van der Waals surface area contributed by atoms with Crippen molar-refractivity contribution in [3.05, 3.63) is 65.9 Å². The number of aromatic nitrogens is 1. The molecule has 1 fully saturated rings. The Bertz CT molecular complexity index is 1190. The van der Waals surface area contributed by atoms with E-state index in [1.54, 1.807) is 28.6 Å². The van der Waals surface area contributed by atoms with Gasteiger partial charge in [-0.25, -0.2) is 8.42 Å². The minimum Gasteiger partial charge on any atom is -0.419 e. The van der Waals surface area contributed by atoms with E-state index in [0.29, 0.717) is 31.1 Å². The van der Waals surface area contributed by atoms with Gasteiger partial charge < -0.3 is 9.32 Å². The van der Waals surface area contributed by atoms with E-state index in [4.69, 9.17) is 4.42 Å². The molecule has 0 unspecified atom stereocenters. The number of rotatable bonds is 6. The molecule has 3 aromatic rings. The topological polar surface area (TPSA) is 90.4 Å². The lowest BCUT2D eigenvalue weighted by molar-refractivity contribution is 0.423. The monoisotopic (exact) mass is 450 g/mol.